The Morgan fingerprint density at radius 3 is 1.29 bits per heavy atom. The number of nitrogens with one attached hydrogen (secondary N) is 1. The van der Waals surface area contributed by atoms with Gasteiger partial charge in [0, 0.05) is 5.88 Å². The Morgan fingerprint density at radius 1 is 0.625 bits per heavy atom. The van der Waals surface area contributed by atoms with Crippen LogP contribution < -0.4 is 5.32 Å². The zero-order chi connectivity index (χ0) is 17.7. The van der Waals surface area contributed by atoms with Crippen LogP contribution in [0, 0.1) is 0 Å². The van der Waals surface area contributed by atoms with Crippen LogP contribution in [0.15, 0.2) is 0 Å². The molecule has 0 aromatic rings. The maximum absolute atomic E-state index is 10.3. The van der Waals surface area contributed by atoms with E-state index >= 15 is 0 Å². The predicted octanol–water partition coefficient (Wildman–Crippen LogP) is 6.14. The monoisotopic (exact) mass is 361 g/mol. The summed E-state index contributed by atoms with van der Waals surface area (Å²) >= 11 is 5.67. The van der Waals surface area contributed by atoms with E-state index in [1.54, 1.807) is 0 Å². The summed E-state index contributed by atoms with van der Waals surface area (Å²) in [5.74, 6) is 0.0570. The van der Waals surface area contributed by atoms with E-state index in [2.05, 4.69) is 5.32 Å². The first-order chi connectivity index (χ1) is 11.8. The van der Waals surface area contributed by atoms with Crippen LogP contribution in [0.3, 0.4) is 0 Å². The number of carboxylic acid groups (broad SMARTS) is 1. The maximum Gasteiger partial charge on any atom is 0.317 e. The van der Waals surface area contributed by atoms with E-state index in [-0.39, 0.29) is 6.54 Å². The van der Waals surface area contributed by atoms with E-state index < -0.39 is 5.97 Å². The van der Waals surface area contributed by atoms with Gasteiger partial charge in [0.2, 0.25) is 0 Å². The van der Waals surface area contributed by atoms with Crippen LogP contribution in [0.25, 0.3) is 0 Å². The molecule has 2 N–H and O–H groups in total. The van der Waals surface area contributed by atoms with Gasteiger partial charge in [-0.2, -0.15) is 0 Å². The number of hydrogen-bond donors (Lipinski definition) is 2. The molecular formula is C20H40ClNO2. The predicted molar refractivity (Wildman–Crippen MR) is 105 cm³/mol. The lowest BCUT2D eigenvalue weighted by Gasteiger charge is -2.04. The molecule has 0 spiro atoms. The highest BCUT2D eigenvalue weighted by atomic mass is 35.5. The van der Waals surface area contributed by atoms with Crippen molar-refractivity contribution in [3.05, 3.63) is 0 Å². The van der Waals surface area contributed by atoms with Gasteiger partial charge in [0.1, 0.15) is 0 Å². The van der Waals surface area contributed by atoms with Crippen molar-refractivity contribution in [3.8, 4) is 0 Å². The zero-order valence-corrected chi connectivity index (χ0v) is 16.4. The van der Waals surface area contributed by atoms with E-state index in [0.717, 1.165) is 18.8 Å². The van der Waals surface area contributed by atoms with Gasteiger partial charge in [0.25, 0.3) is 0 Å². The summed E-state index contributed by atoms with van der Waals surface area (Å²) in [6.07, 6.45) is 21.4. The Hall–Kier alpha value is -0.280. The standard InChI is InChI=1S/C20H40ClNO2/c21-17-15-13-11-9-7-5-3-1-2-4-6-8-10-12-14-16-18-22-19-20(23)24/h22H,1-19H2,(H,23,24). The minimum atomic E-state index is -0.766. The first kappa shape index (κ1) is 23.7. The fourth-order valence-electron chi connectivity index (χ4n) is 3.01. The normalized spacial score (nSPS) is 11.0. The number of aliphatic carboxylic acids is 1. The molecule has 0 saturated heterocycles. The average Bonchev–Trinajstić information content (AvgIpc) is 2.56. The minimum absolute atomic E-state index is 0.0913. The van der Waals surface area contributed by atoms with Gasteiger partial charge in [-0.05, 0) is 19.4 Å². The first-order valence-corrected chi connectivity index (χ1v) is 10.8. The van der Waals surface area contributed by atoms with Crippen LogP contribution in [-0.4, -0.2) is 30.0 Å². The molecule has 4 heteroatoms. The fourth-order valence-corrected chi connectivity index (χ4v) is 3.20. The molecule has 144 valence electrons. The molecule has 0 fully saturated rings. The van der Waals surface area contributed by atoms with E-state index in [4.69, 9.17) is 16.7 Å². The van der Waals surface area contributed by atoms with Gasteiger partial charge >= 0.3 is 5.97 Å². The average molecular weight is 362 g/mol. The smallest absolute Gasteiger partial charge is 0.317 e. The number of carboxylic acids is 1. The number of hydrogen-bond acceptors (Lipinski definition) is 2. The second-order valence-electron chi connectivity index (χ2n) is 6.92. The molecule has 0 unspecified atom stereocenters. The molecule has 0 heterocycles. The Balaban J connectivity index is 2.97. The third-order valence-corrected chi connectivity index (χ3v) is 4.78. The Bertz CT molecular complexity index is 262. The van der Waals surface area contributed by atoms with Gasteiger partial charge in [-0.15, -0.1) is 11.6 Å². The van der Waals surface area contributed by atoms with Crippen LogP contribution in [0.4, 0.5) is 0 Å². The number of halogens is 1. The Kier molecular flexibility index (Phi) is 20.5. The van der Waals surface area contributed by atoms with Gasteiger partial charge in [-0.25, -0.2) is 0 Å². The molecule has 0 bridgehead atoms. The number of unbranched alkanes of at least 4 members (excludes halogenated alkanes) is 15. The largest absolute Gasteiger partial charge is 0.480 e. The van der Waals surface area contributed by atoms with Crippen molar-refractivity contribution in [2.45, 2.75) is 103 Å². The highest BCUT2D eigenvalue weighted by molar-refractivity contribution is 6.17. The molecule has 0 aliphatic carbocycles. The molecule has 0 aliphatic rings. The topological polar surface area (TPSA) is 49.3 Å². The van der Waals surface area contributed by atoms with Gasteiger partial charge in [0.05, 0.1) is 6.54 Å². The third-order valence-electron chi connectivity index (χ3n) is 4.51. The van der Waals surface area contributed by atoms with Crippen molar-refractivity contribution in [3.63, 3.8) is 0 Å². The van der Waals surface area contributed by atoms with Gasteiger partial charge < -0.3 is 10.4 Å². The van der Waals surface area contributed by atoms with Crippen molar-refractivity contribution >= 4 is 17.6 Å². The lowest BCUT2D eigenvalue weighted by Crippen LogP contribution is -2.23. The fraction of sp³-hybridized carbons (Fsp3) is 0.950. The summed E-state index contributed by atoms with van der Waals surface area (Å²) in [7, 11) is 0. The zero-order valence-electron chi connectivity index (χ0n) is 15.7. The molecule has 0 rings (SSSR count). The van der Waals surface area contributed by atoms with Crippen LogP contribution >= 0.6 is 11.6 Å². The van der Waals surface area contributed by atoms with Gasteiger partial charge in [-0.3, -0.25) is 4.79 Å². The number of alkyl halides is 1. The Labute approximate surface area is 154 Å². The summed E-state index contributed by atoms with van der Waals surface area (Å²) in [5, 5.41) is 11.4. The van der Waals surface area contributed by atoms with Crippen LogP contribution in [0.2, 0.25) is 0 Å². The number of rotatable bonds is 20. The van der Waals surface area contributed by atoms with Crippen molar-refractivity contribution in [1.82, 2.24) is 5.32 Å². The molecule has 0 saturated carbocycles. The first-order valence-electron chi connectivity index (χ1n) is 10.3. The second-order valence-corrected chi connectivity index (χ2v) is 7.29. The SMILES string of the molecule is O=C(O)CNCCCCCCCCCCCCCCCCCCCl. The van der Waals surface area contributed by atoms with Crippen molar-refractivity contribution in [2.75, 3.05) is 19.0 Å². The maximum atomic E-state index is 10.3. The molecule has 0 radical (unpaired) electrons. The van der Waals surface area contributed by atoms with E-state index in [9.17, 15) is 4.79 Å². The minimum Gasteiger partial charge on any atom is -0.480 e. The summed E-state index contributed by atoms with van der Waals surface area (Å²) in [6, 6.07) is 0. The lowest BCUT2D eigenvalue weighted by molar-refractivity contribution is -0.135. The molecule has 0 aliphatic heterocycles. The molecule has 24 heavy (non-hydrogen) atoms. The van der Waals surface area contributed by atoms with Crippen LogP contribution in [-0.2, 0) is 4.79 Å². The highest BCUT2D eigenvalue weighted by Crippen LogP contribution is 2.13. The van der Waals surface area contributed by atoms with Gasteiger partial charge in [0.15, 0.2) is 0 Å². The van der Waals surface area contributed by atoms with Gasteiger partial charge in [-0.1, -0.05) is 89.9 Å². The highest BCUT2D eigenvalue weighted by Gasteiger charge is 1.96. The second kappa shape index (κ2) is 20.8. The summed E-state index contributed by atoms with van der Waals surface area (Å²) in [6.45, 7) is 0.924. The molecular weight excluding hydrogens is 322 g/mol. The molecule has 0 amide bonds. The molecule has 0 aromatic heterocycles. The lowest BCUT2D eigenvalue weighted by atomic mass is 10.0. The van der Waals surface area contributed by atoms with Crippen LogP contribution in [0.1, 0.15) is 103 Å². The quantitative estimate of drug-likeness (QED) is 0.202. The summed E-state index contributed by atoms with van der Waals surface area (Å²) in [5.41, 5.74) is 0. The molecule has 0 atom stereocenters. The Morgan fingerprint density at radius 2 is 0.958 bits per heavy atom. The van der Waals surface area contributed by atoms with E-state index in [0.29, 0.717) is 0 Å². The van der Waals surface area contributed by atoms with E-state index in [1.807, 2.05) is 0 Å². The summed E-state index contributed by atoms with van der Waals surface area (Å²) < 4.78 is 0. The third kappa shape index (κ3) is 21.7. The summed E-state index contributed by atoms with van der Waals surface area (Å²) in [4.78, 5) is 10.3. The van der Waals surface area contributed by atoms with E-state index in [1.165, 1.54) is 96.3 Å². The molecule has 0 aromatic carbocycles. The van der Waals surface area contributed by atoms with Crippen molar-refractivity contribution in [2.24, 2.45) is 0 Å². The van der Waals surface area contributed by atoms with Crippen molar-refractivity contribution in [1.29, 1.82) is 0 Å². The van der Waals surface area contributed by atoms with Crippen molar-refractivity contribution < 1.29 is 9.90 Å². The number of carbonyl (C=O) groups is 1. The van der Waals surface area contributed by atoms with Crippen LogP contribution in [0.5, 0.6) is 0 Å². The molecule has 3 nitrogen and oxygen atoms in total.